The molecule has 0 aliphatic heterocycles. The van der Waals surface area contributed by atoms with Gasteiger partial charge >= 0.3 is 11.9 Å². The van der Waals surface area contributed by atoms with Crippen molar-refractivity contribution in [2.45, 2.75) is 39.7 Å². The number of thiophene rings is 1. The van der Waals surface area contributed by atoms with Crippen LogP contribution in [0.2, 0.25) is 0 Å². The van der Waals surface area contributed by atoms with Gasteiger partial charge in [0.05, 0.1) is 30.5 Å². The largest absolute Gasteiger partial charge is 0.464 e. The fourth-order valence-electron chi connectivity index (χ4n) is 2.30. The van der Waals surface area contributed by atoms with Crippen molar-refractivity contribution in [3.05, 3.63) is 27.6 Å². The Balaban J connectivity index is 2.50. The second kappa shape index (κ2) is 8.05. The summed E-state index contributed by atoms with van der Waals surface area (Å²) in [7, 11) is 0. The maximum Gasteiger partial charge on any atom is 0.339 e. The molecule has 0 fully saturated rings. The third-order valence-corrected chi connectivity index (χ3v) is 4.34. The third kappa shape index (κ3) is 3.48. The van der Waals surface area contributed by atoms with Crippen molar-refractivity contribution in [1.82, 2.24) is 9.55 Å². The number of esters is 2. The van der Waals surface area contributed by atoms with E-state index >= 15 is 0 Å². The average Bonchev–Trinajstić information content (AvgIpc) is 3.00. The van der Waals surface area contributed by atoms with E-state index in [1.807, 2.05) is 6.92 Å². The second-order valence-corrected chi connectivity index (χ2v) is 5.96. The van der Waals surface area contributed by atoms with Crippen molar-refractivity contribution in [3.63, 3.8) is 0 Å². The molecule has 0 spiro atoms. The van der Waals surface area contributed by atoms with Crippen LogP contribution in [0.25, 0.3) is 10.2 Å². The number of hydrogen-bond donors (Lipinski definition) is 0. The molecule has 0 amide bonds. The van der Waals surface area contributed by atoms with Crippen LogP contribution in [0.3, 0.4) is 0 Å². The Morgan fingerprint density at radius 1 is 1.29 bits per heavy atom. The molecule has 2 rings (SSSR count). The monoisotopic (exact) mass is 352 g/mol. The number of carbonyl (C=O) groups excluding carboxylic acids is 2. The molecule has 24 heavy (non-hydrogen) atoms. The van der Waals surface area contributed by atoms with E-state index in [1.54, 1.807) is 19.2 Å². The topological polar surface area (TPSA) is 87.5 Å². The number of aromatic nitrogens is 2. The third-order valence-electron chi connectivity index (χ3n) is 3.46. The van der Waals surface area contributed by atoms with Crippen LogP contribution in [0.5, 0.6) is 0 Å². The van der Waals surface area contributed by atoms with Crippen molar-refractivity contribution in [2.24, 2.45) is 0 Å². The fraction of sp³-hybridized carbons (Fsp3) is 0.500. The molecule has 8 heteroatoms. The Bertz CT molecular complexity index is 795. The van der Waals surface area contributed by atoms with Gasteiger partial charge in [-0.2, -0.15) is 0 Å². The SMILES string of the molecule is CCCOC(=O)C(CC)n1cnc2scc(C(=O)OCC)c2c1=O. The summed E-state index contributed by atoms with van der Waals surface area (Å²) in [6.07, 6.45) is 2.41. The highest BCUT2D eigenvalue weighted by Gasteiger charge is 2.25. The molecule has 0 aliphatic carbocycles. The molecule has 130 valence electrons. The zero-order valence-corrected chi connectivity index (χ0v) is 14.7. The van der Waals surface area contributed by atoms with E-state index in [0.29, 0.717) is 24.3 Å². The van der Waals surface area contributed by atoms with Crippen LogP contribution in [0.1, 0.15) is 50.0 Å². The molecule has 0 saturated heterocycles. The van der Waals surface area contributed by atoms with Crippen LogP contribution < -0.4 is 5.56 Å². The molecular weight excluding hydrogens is 332 g/mol. The molecule has 1 unspecified atom stereocenters. The van der Waals surface area contributed by atoms with E-state index in [1.165, 1.54) is 22.2 Å². The van der Waals surface area contributed by atoms with Gasteiger partial charge in [-0.15, -0.1) is 11.3 Å². The summed E-state index contributed by atoms with van der Waals surface area (Å²) in [5, 5.41) is 1.74. The first-order valence-corrected chi connectivity index (χ1v) is 8.75. The summed E-state index contributed by atoms with van der Waals surface area (Å²) in [6.45, 7) is 5.89. The minimum Gasteiger partial charge on any atom is -0.464 e. The molecule has 0 bridgehead atoms. The van der Waals surface area contributed by atoms with Crippen LogP contribution in [0, 0.1) is 0 Å². The van der Waals surface area contributed by atoms with E-state index in [9.17, 15) is 14.4 Å². The lowest BCUT2D eigenvalue weighted by Gasteiger charge is -2.16. The number of fused-ring (bicyclic) bond motifs is 1. The van der Waals surface area contributed by atoms with E-state index in [2.05, 4.69) is 4.98 Å². The van der Waals surface area contributed by atoms with E-state index in [-0.39, 0.29) is 17.6 Å². The first-order chi connectivity index (χ1) is 11.5. The number of carbonyl (C=O) groups is 2. The van der Waals surface area contributed by atoms with Gasteiger partial charge in [0.1, 0.15) is 10.9 Å². The van der Waals surface area contributed by atoms with Crippen LogP contribution in [0.4, 0.5) is 0 Å². The summed E-state index contributed by atoms with van der Waals surface area (Å²) in [6, 6.07) is -0.768. The normalized spacial score (nSPS) is 12.1. The molecular formula is C16H20N2O5S. The number of nitrogens with zero attached hydrogens (tertiary/aromatic N) is 2. The van der Waals surface area contributed by atoms with Crippen LogP contribution >= 0.6 is 11.3 Å². The molecule has 2 aromatic heterocycles. The van der Waals surface area contributed by atoms with E-state index < -0.39 is 23.5 Å². The summed E-state index contributed by atoms with van der Waals surface area (Å²) in [4.78, 5) is 41.7. The van der Waals surface area contributed by atoms with Crippen molar-refractivity contribution in [3.8, 4) is 0 Å². The zero-order chi connectivity index (χ0) is 17.7. The summed E-state index contributed by atoms with van der Waals surface area (Å²) < 4.78 is 11.4. The Hall–Kier alpha value is -2.22. The van der Waals surface area contributed by atoms with Gasteiger partial charge < -0.3 is 9.47 Å². The lowest BCUT2D eigenvalue weighted by Crippen LogP contribution is -2.31. The molecule has 0 saturated carbocycles. The predicted molar refractivity (Wildman–Crippen MR) is 90.4 cm³/mol. The van der Waals surface area contributed by atoms with Gasteiger partial charge in [0, 0.05) is 5.38 Å². The molecule has 0 aromatic carbocycles. The first kappa shape index (κ1) is 18.1. The van der Waals surface area contributed by atoms with Gasteiger partial charge in [0.15, 0.2) is 0 Å². The minimum absolute atomic E-state index is 0.181. The second-order valence-electron chi connectivity index (χ2n) is 5.10. The van der Waals surface area contributed by atoms with E-state index in [4.69, 9.17) is 9.47 Å². The molecule has 0 radical (unpaired) electrons. The lowest BCUT2D eigenvalue weighted by molar-refractivity contribution is -0.147. The maximum absolute atomic E-state index is 12.8. The molecule has 1 atom stereocenters. The van der Waals surface area contributed by atoms with Gasteiger partial charge in [-0.05, 0) is 19.8 Å². The summed E-state index contributed by atoms with van der Waals surface area (Å²) in [5.74, 6) is -1.04. The fourth-order valence-corrected chi connectivity index (χ4v) is 3.17. The molecule has 0 N–H and O–H groups in total. The van der Waals surface area contributed by atoms with Crippen molar-refractivity contribution in [1.29, 1.82) is 0 Å². The Morgan fingerprint density at radius 3 is 2.67 bits per heavy atom. The van der Waals surface area contributed by atoms with Crippen molar-refractivity contribution < 1.29 is 19.1 Å². The smallest absolute Gasteiger partial charge is 0.339 e. The highest BCUT2D eigenvalue weighted by molar-refractivity contribution is 7.17. The Morgan fingerprint density at radius 2 is 2.04 bits per heavy atom. The van der Waals surface area contributed by atoms with Gasteiger partial charge in [-0.25, -0.2) is 14.6 Å². The highest BCUT2D eigenvalue weighted by atomic mass is 32.1. The Kier molecular flexibility index (Phi) is 6.08. The van der Waals surface area contributed by atoms with Crippen LogP contribution in [-0.4, -0.2) is 34.7 Å². The minimum atomic E-state index is -0.768. The maximum atomic E-state index is 12.8. The number of hydrogen-bond acceptors (Lipinski definition) is 7. The van der Waals surface area contributed by atoms with E-state index in [0.717, 1.165) is 0 Å². The molecule has 0 aliphatic rings. The van der Waals surface area contributed by atoms with Crippen molar-refractivity contribution in [2.75, 3.05) is 13.2 Å². The average molecular weight is 352 g/mol. The number of ether oxygens (including phenoxy) is 2. The van der Waals surface area contributed by atoms with Gasteiger partial charge in [0.25, 0.3) is 5.56 Å². The van der Waals surface area contributed by atoms with Gasteiger partial charge in [-0.1, -0.05) is 13.8 Å². The lowest BCUT2D eigenvalue weighted by atomic mass is 10.2. The summed E-state index contributed by atoms with van der Waals surface area (Å²) >= 11 is 1.19. The highest BCUT2D eigenvalue weighted by Crippen LogP contribution is 2.23. The first-order valence-electron chi connectivity index (χ1n) is 7.87. The number of rotatable bonds is 7. The van der Waals surface area contributed by atoms with Gasteiger partial charge in [0.2, 0.25) is 0 Å². The standard InChI is InChI=1S/C16H20N2O5S/c1-4-7-23-16(21)11(5-2)18-9-17-13-12(14(18)19)10(8-24-13)15(20)22-6-3/h8-9,11H,4-7H2,1-3H3. The molecule has 2 aromatic rings. The summed E-state index contributed by atoms with van der Waals surface area (Å²) in [5.41, 5.74) is -0.259. The van der Waals surface area contributed by atoms with Gasteiger partial charge in [-0.3, -0.25) is 9.36 Å². The Labute approximate surface area is 143 Å². The quantitative estimate of drug-likeness (QED) is 0.712. The molecule has 7 nitrogen and oxygen atoms in total. The molecule has 2 heterocycles. The predicted octanol–water partition coefficient (Wildman–Crippen LogP) is 2.54. The van der Waals surface area contributed by atoms with Crippen LogP contribution in [-0.2, 0) is 14.3 Å². The zero-order valence-electron chi connectivity index (χ0n) is 13.9. The van der Waals surface area contributed by atoms with Crippen LogP contribution in [0.15, 0.2) is 16.5 Å². The van der Waals surface area contributed by atoms with Crippen molar-refractivity contribution >= 4 is 33.5 Å².